The van der Waals surface area contributed by atoms with Crippen LogP contribution in [0.5, 0.6) is 5.75 Å². The number of hydrogen-bond acceptors (Lipinski definition) is 7. The molecule has 4 aromatic rings. The van der Waals surface area contributed by atoms with Crippen LogP contribution >= 0.6 is 0 Å². The first-order chi connectivity index (χ1) is 22.6. The average molecular weight is 638 g/mol. The van der Waals surface area contributed by atoms with Crippen LogP contribution in [0, 0.1) is 20.8 Å². The van der Waals surface area contributed by atoms with Crippen molar-refractivity contribution in [3.8, 4) is 16.9 Å². The van der Waals surface area contributed by atoms with Gasteiger partial charge in [-0.3, -0.25) is 9.59 Å². The number of aryl methyl sites for hydroxylation is 3. The molecule has 10 nitrogen and oxygen atoms in total. The predicted molar refractivity (Wildman–Crippen MR) is 180 cm³/mol. The van der Waals surface area contributed by atoms with E-state index in [2.05, 4.69) is 16.0 Å². The minimum absolute atomic E-state index is 0.0454. The van der Waals surface area contributed by atoms with E-state index < -0.39 is 36.3 Å². The highest BCUT2D eigenvalue weighted by molar-refractivity contribution is 6.08. The highest BCUT2D eigenvalue weighted by Crippen LogP contribution is 2.29. The molecule has 0 spiro atoms. The second-order valence-corrected chi connectivity index (χ2v) is 11.0. The number of nitrogens with one attached hydrogen (secondary N) is 3. The van der Waals surface area contributed by atoms with Gasteiger partial charge in [0.05, 0.1) is 31.4 Å². The van der Waals surface area contributed by atoms with Crippen LogP contribution in [0.2, 0.25) is 0 Å². The zero-order valence-corrected chi connectivity index (χ0v) is 27.1. The third kappa shape index (κ3) is 9.43. The van der Waals surface area contributed by atoms with Gasteiger partial charge in [-0.25, -0.2) is 9.59 Å². The van der Waals surface area contributed by atoms with Gasteiger partial charge in [-0.1, -0.05) is 66.2 Å². The standard InChI is InChI=1S/C37H39N3O7/c1-6-46-33(41)21-32(36(43)47-22-26-10-8-7-9-11-26)38-35(42)30-17-14-28(27-12-15-29(45-5)16-13-27)20-31(30)39-37(44)40-34-24(3)18-23(2)19-25(34)4/h7-20,32H,6,21-22H2,1-5H3,(H,38,42)(H2,39,40,44)/t32-/m0/s1. The van der Waals surface area contributed by atoms with Crippen molar-refractivity contribution < 1.29 is 33.4 Å². The van der Waals surface area contributed by atoms with Gasteiger partial charge in [-0.2, -0.15) is 0 Å². The van der Waals surface area contributed by atoms with Gasteiger partial charge in [0, 0.05) is 5.69 Å². The molecule has 0 fully saturated rings. The third-order valence-electron chi connectivity index (χ3n) is 7.34. The topological polar surface area (TPSA) is 132 Å². The van der Waals surface area contributed by atoms with Gasteiger partial charge in [-0.05, 0) is 79.8 Å². The molecule has 3 N–H and O–H groups in total. The Morgan fingerprint density at radius 3 is 2.06 bits per heavy atom. The maximum Gasteiger partial charge on any atom is 0.329 e. The number of hydrogen-bond donors (Lipinski definition) is 3. The number of methoxy groups -OCH3 is 1. The Hall–Kier alpha value is -5.64. The molecule has 47 heavy (non-hydrogen) atoms. The molecule has 10 heteroatoms. The second-order valence-electron chi connectivity index (χ2n) is 11.0. The molecule has 3 amide bonds. The minimum atomic E-state index is -1.34. The van der Waals surface area contributed by atoms with E-state index in [1.165, 1.54) is 0 Å². The zero-order chi connectivity index (χ0) is 33.9. The first kappa shape index (κ1) is 34.2. The lowest BCUT2D eigenvalue weighted by atomic mass is 10.0. The van der Waals surface area contributed by atoms with Crippen molar-refractivity contribution in [2.24, 2.45) is 0 Å². The van der Waals surface area contributed by atoms with Crippen LogP contribution in [0.1, 0.15) is 46.0 Å². The second kappa shape index (κ2) is 16.1. The molecular formula is C37H39N3O7. The van der Waals surface area contributed by atoms with E-state index in [-0.39, 0.29) is 24.5 Å². The normalized spacial score (nSPS) is 11.2. The van der Waals surface area contributed by atoms with Crippen molar-refractivity contribution >= 4 is 35.3 Å². The Bertz CT molecular complexity index is 1710. The van der Waals surface area contributed by atoms with Gasteiger partial charge in [-0.15, -0.1) is 0 Å². The molecule has 0 bridgehead atoms. The van der Waals surface area contributed by atoms with Crippen LogP contribution in [0.15, 0.2) is 84.9 Å². The summed E-state index contributed by atoms with van der Waals surface area (Å²) in [5.41, 5.74) is 6.02. The summed E-state index contributed by atoms with van der Waals surface area (Å²) in [5, 5.41) is 8.32. The molecule has 0 radical (unpaired) electrons. The number of anilines is 2. The number of carbonyl (C=O) groups is 4. The maximum atomic E-state index is 13.8. The maximum absolute atomic E-state index is 13.8. The van der Waals surface area contributed by atoms with Crippen molar-refractivity contribution in [3.63, 3.8) is 0 Å². The van der Waals surface area contributed by atoms with Gasteiger partial charge in [0.25, 0.3) is 5.91 Å². The molecule has 4 rings (SSSR count). The zero-order valence-electron chi connectivity index (χ0n) is 27.1. The Labute approximate surface area is 274 Å². The molecule has 0 aliphatic carbocycles. The molecule has 0 aromatic heterocycles. The highest BCUT2D eigenvalue weighted by Gasteiger charge is 2.28. The van der Waals surface area contributed by atoms with Gasteiger partial charge < -0.3 is 30.2 Å². The van der Waals surface area contributed by atoms with Crippen molar-refractivity contribution in [2.75, 3.05) is 24.4 Å². The van der Waals surface area contributed by atoms with E-state index in [1.807, 2.05) is 63.2 Å². The van der Waals surface area contributed by atoms with Crippen LogP contribution in [-0.4, -0.2) is 43.6 Å². The Kier molecular flexibility index (Phi) is 11.7. The van der Waals surface area contributed by atoms with Crippen LogP contribution in [0.4, 0.5) is 16.2 Å². The quantitative estimate of drug-likeness (QED) is 0.147. The largest absolute Gasteiger partial charge is 0.497 e. The molecule has 1 atom stereocenters. The van der Waals surface area contributed by atoms with Crippen LogP contribution in [0.25, 0.3) is 11.1 Å². The number of urea groups is 1. The van der Waals surface area contributed by atoms with Gasteiger partial charge >= 0.3 is 18.0 Å². The third-order valence-corrected chi connectivity index (χ3v) is 7.34. The lowest BCUT2D eigenvalue weighted by molar-refractivity contribution is -0.153. The fraction of sp³-hybridized carbons (Fsp3) is 0.243. The molecular weight excluding hydrogens is 598 g/mol. The molecule has 4 aromatic carbocycles. The number of ether oxygens (including phenoxy) is 3. The van der Waals surface area contributed by atoms with Crippen LogP contribution in [-0.2, 0) is 25.7 Å². The summed E-state index contributed by atoms with van der Waals surface area (Å²) in [6.45, 7) is 7.49. The average Bonchev–Trinajstić information content (AvgIpc) is 3.05. The molecule has 0 saturated carbocycles. The van der Waals surface area contributed by atoms with E-state index in [1.54, 1.807) is 56.5 Å². The lowest BCUT2D eigenvalue weighted by Gasteiger charge is -2.19. The van der Waals surface area contributed by atoms with Crippen LogP contribution < -0.4 is 20.7 Å². The molecule has 244 valence electrons. The summed E-state index contributed by atoms with van der Waals surface area (Å²) in [5.74, 6) is -1.50. The van der Waals surface area contributed by atoms with E-state index in [0.29, 0.717) is 17.0 Å². The van der Waals surface area contributed by atoms with Crippen molar-refractivity contribution in [3.05, 3.63) is 113 Å². The smallest absolute Gasteiger partial charge is 0.329 e. The SMILES string of the molecule is CCOC(=O)C[C@H](NC(=O)c1ccc(-c2ccc(OC)cc2)cc1NC(=O)Nc1c(C)cc(C)cc1C)C(=O)OCc1ccccc1. The first-order valence-corrected chi connectivity index (χ1v) is 15.2. The van der Waals surface area contributed by atoms with Crippen molar-refractivity contribution in [1.82, 2.24) is 5.32 Å². The van der Waals surface area contributed by atoms with E-state index >= 15 is 0 Å². The lowest BCUT2D eigenvalue weighted by Crippen LogP contribution is -2.43. The number of carbonyl (C=O) groups excluding carboxylic acids is 4. The molecule has 0 aliphatic rings. The monoisotopic (exact) mass is 637 g/mol. The molecule has 0 unspecified atom stereocenters. The van der Waals surface area contributed by atoms with Crippen molar-refractivity contribution in [1.29, 1.82) is 0 Å². The van der Waals surface area contributed by atoms with Gasteiger partial charge in [0.2, 0.25) is 0 Å². The van der Waals surface area contributed by atoms with E-state index in [9.17, 15) is 19.2 Å². The van der Waals surface area contributed by atoms with Crippen molar-refractivity contribution in [2.45, 2.75) is 46.8 Å². The number of benzene rings is 4. The highest BCUT2D eigenvalue weighted by atomic mass is 16.5. The summed E-state index contributed by atoms with van der Waals surface area (Å²) in [6.07, 6.45) is -0.438. The summed E-state index contributed by atoms with van der Waals surface area (Å²) >= 11 is 0. The fourth-order valence-electron chi connectivity index (χ4n) is 5.10. The Morgan fingerprint density at radius 1 is 0.766 bits per heavy atom. The fourth-order valence-corrected chi connectivity index (χ4v) is 5.10. The minimum Gasteiger partial charge on any atom is -0.497 e. The number of rotatable bonds is 12. The summed E-state index contributed by atoms with van der Waals surface area (Å²) < 4.78 is 15.8. The van der Waals surface area contributed by atoms with Gasteiger partial charge in [0.1, 0.15) is 18.4 Å². The number of amides is 3. The molecule has 0 heterocycles. The summed E-state index contributed by atoms with van der Waals surface area (Å²) in [6, 6.07) is 23.3. The van der Waals surface area contributed by atoms with Gasteiger partial charge in [0.15, 0.2) is 0 Å². The first-order valence-electron chi connectivity index (χ1n) is 15.2. The molecule has 0 saturated heterocycles. The predicted octanol–water partition coefficient (Wildman–Crippen LogP) is 6.73. The summed E-state index contributed by atoms with van der Waals surface area (Å²) in [4.78, 5) is 52.6. The van der Waals surface area contributed by atoms with Crippen LogP contribution in [0.3, 0.4) is 0 Å². The Morgan fingerprint density at radius 2 is 1.43 bits per heavy atom. The Balaban J connectivity index is 1.63. The summed E-state index contributed by atoms with van der Waals surface area (Å²) in [7, 11) is 1.58. The van der Waals surface area contributed by atoms with E-state index in [4.69, 9.17) is 14.2 Å². The molecule has 0 aliphatic heterocycles. The number of esters is 2. The van der Waals surface area contributed by atoms with E-state index in [0.717, 1.165) is 27.8 Å².